The minimum absolute atomic E-state index is 0.0646. The van der Waals surface area contributed by atoms with Gasteiger partial charge in [-0.1, -0.05) is 136 Å². The van der Waals surface area contributed by atoms with E-state index in [-0.39, 0.29) is 40.5 Å². The molecule has 1 aliphatic rings. The fourth-order valence-corrected chi connectivity index (χ4v) is 12.2. The van der Waals surface area contributed by atoms with Crippen LogP contribution < -0.4 is 26.9 Å². The molecule has 1 saturated heterocycles. The summed E-state index contributed by atoms with van der Waals surface area (Å²) in [5.74, 6) is 5.71. The first kappa shape index (κ1) is 36.8. The maximum Gasteiger partial charge on any atom is 0.330 e. The van der Waals surface area contributed by atoms with Crippen LogP contribution in [0.1, 0.15) is 66.7 Å². The average Bonchev–Trinajstić information content (AvgIpc) is 3.41. The second-order valence-corrected chi connectivity index (χ2v) is 20.8. The lowest BCUT2D eigenvalue weighted by Crippen LogP contribution is -2.67. The van der Waals surface area contributed by atoms with Gasteiger partial charge in [0.15, 0.2) is 0 Å². The van der Waals surface area contributed by atoms with Crippen molar-refractivity contribution in [2.45, 2.75) is 83.1 Å². The number of nitrogens with one attached hydrogen (secondary N) is 2. The summed E-state index contributed by atoms with van der Waals surface area (Å²) in [5.41, 5.74) is -1.10. The molecule has 3 aromatic rings. The highest BCUT2D eigenvalue weighted by molar-refractivity contribution is 8.77. The first-order valence-electron chi connectivity index (χ1n) is 15.6. The van der Waals surface area contributed by atoms with Gasteiger partial charge in [0, 0.05) is 24.3 Å². The monoisotopic (exact) mass is 695 g/mol. The second-order valence-electron chi connectivity index (χ2n) is 13.4. The molecule has 1 fully saturated rings. The third-order valence-electron chi connectivity index (χ3n) is 7.63. The highest BCUT2D eigenvalue weighted by Crippen LogP contribution is 2.39. The summed E-state index contributed by atoms with van der Waals surface area (Å²) in [4.78, 5) is 39.2. The smallest absolute Gasteiger partial charge is 0.330 e. The summed E-state index contributed by atoms with van der Waals surface area (Å²) in [6.07, 6.45) is 0.210. The Morgan fingerprint density at radius 1 is 1.04 bits per heavy atom. The van der Waals surface area contributed by atoms with Gasteiger partial charge >= 0.3 is 5.69 Å². The van der Waals surface area contributed by atoms with E-state index in [1.54, 1.807) is 21.6 Å². The predicted octanol–water partition coefficient (Wildman–Crippen LogP) is 4.41. The fraction of sp³-hybridized carbons (Fsp3) is 0.457. The molecule has 1 aromatic heterocycles. The lowest BCUT2D eigenvalue weighted by Gasteiger charge is -2.43. The standard InChI is InChI=1S/C35H45N3O6S2Si/c1-25(39)36-20-14-15-26-22-38(33(41)37-32(26)40)31-21-29(42-24-45-46-34(2,3)4)30(44-31)23-43-47(35(5,6)7,27-16-10-8-11-17-27)28-18-12-9-13-19-28/h8-13,16-19,22,29-31H,20-21,23-24H2,1-7H3,(H,36,39)(H,37,40,41)/t29?,30-,31-/m1/s1. The van der Waals surface area contributed by atoms with Crippen molar-refractivity contribution in [1.29, 1.82) is 0 Å². The molecule has 0 bridgehead atoms. The largest absolute Gasteiger partial charge is 0.405 e. The van der Waals surface area contributed by atoms with E-state index < -0.39 is 31.9 Å². The Hall–Kier alpha value is -3.05. The molecule has 3 atom stereocenters. The van der Waals surface area contributed by atoms with E-state index >= 15 is 0 Å². The first-order chi connectivity index (χ1) is 22.2. The Kier molecular flexibility index (Phi) is 12.4. The van der Waals surface area contributed by atoms with E-state index in [1.807, 2.05) is 36.4 Å². The van der Waals surface area contributed by atoms with Crippen LogP contribution in [0.4, 0.5) is 0 Å². The average molecular weight is 696 g/mol. The Bertz CT molecular complexity index is 1630. The van der Waals surface area contributed by atoms with Crippen molar-refractivity contribution < 1.29 is 18.7 Å². The molecule has 252 valence electrons. The van der Waals surface area contributed by atoms with Crippen LogP contribution in [0.2, 0.25) is 5.04 Å². The number of ether oxygens (including phenoxy) is 2. The fourth-order valence-electron chi connectivity index (χ4n) is 5.58. The summed E-state index contributed by atoms with van der Waals surface area (Å²) in [6.45, 7) is 14.8. The molecule has 2 heterocycles. The van der Waals surface area contributed by atoms with Crippen molar-refractivity contribution >= 4 is 46.2 Å². The van der Waals surface area contributed by atoms with Crippen molar-refractivity contribution in [2.24, 2.45) is 0 Å². The van der Waals surface area contributed by atoms with Crippen LogP contribution in [0.3, 0.4) is 0 Å². The van der Waals surface area contributed by atoms with Gasteiger partial charge in [-0.2, -0.15) is 0 Å². The van der Waals surface area contributed by atoms with Gasteiger partial charge in [-0.3, -0.25) is 19.1 Å². The third-order valence-corrected chi connectivity index (χ3v) is 15.6. The molecule has 2 aromatic carbocycles. The van der Waals surface area contributed by atoms with E-state index in [1.165, 1.54) is 17.7 Å². The van der Waals surface area contributed by atoms with Crippen LogP contribution in [0, 0.1) is 11.8 Å². The molecule has 0 saturated carbocycles. The molecule has 9 nitrogen and oxygen atoms in total. The Morgan fingerprint density at radius 3 is 2.21 bits per heavy atom. The number of rotatable bonds is 11. The van der Waals surface area contributed by atoms with Gasteiger partial charge in [-0.15, -0.1) is 0 Å². The molecule has 0 spiro atoms. The molecule has 1 amide bonds. The highest BCUT2D eigenvalue weighted by atomic mass is 33.1. The van der Waals surface area contributed by atoms with Gasteiger partial charge in [-0.05, 0) is 15.4 Å². The molecule has 0 aliphatic carbocycles. The van der Waals surface area contributed by atoms with Crippen molar-refractivity contribution in [1.82, 2.24) is 14.9 Å². The lowest BCUT2D eigenvalue weighted by atomic mass is 10.2. The SMILES string of the molecule is CC(=O)NCC#Cc1cn([C@H]2CC(OCSSC(C)(C)C)[C@@H](CO[Si](c3ccccc3)(c3ccccc3)C(C)(C)C)O2)c(=O)[nH]c1=O. The third kappa shape index (κ3) is 9.53. The molecule has 2 N–H and O–H groups in total. The number of nitrogens with zero attached hydrogens (tertiary/aromatic N) is 1. The Balaban J connectivity index is 1.66. The summed E-state index contributed by atoms with van der Waals surface area (Å²) >= 11 is 0. The zero-order chi connectivity index (χ0) is 34.2. The minimum atomic E-state index is -2.87. The Morgan fingerprint density at radius 2 is 1.66 bits per heavy atom. The molecule has 1 unspecified atom stereocenters. The van der Waals surface area contributed by atoms with E-state index in [0.29, 0.717) is 12.4 Å². The zero-order valence-corrected chi connectivity index (χ0v) is 30.8. The lowest BCUT2D eigenvalue weighted by molar-refractivity contribution is -0.118. The molecular weight excluding hydrogens is 651 g/mol. The number of hydrogen-bond acceptors (Lipinski definition) is 8. The van der Waals surface area contributed by atoms with Crippen LogP contribution in [0.15, 0.2) is 76.4 Å². The molecular formula is C35H45N3O6S2Si. The van der Waals surface area contributed by atoms with Crippen molar-refractivity contribution in [3.8, 4) is 11.8 Å². The summed E-state index contributed by atoms with van der Waals surface area (Å²) in [6, 6.07) is 20.8. The van der Waals surface area contributed by atoms with Gasteiger partial charge in [0.1, 0.15) is 23.8 Å². The maximum atomic E-state index is 13.1. The quantitative estimate of drug-likeness (QED) is 0.0999. The van der Waals surface area contributed by atoms with Crippen molar-refractivity contribution in [3.63, 3.8) is 0 Å². The van der Waals surface area contributed by atoms with E-state index in [0.717, 1.165) is 10.4 Å². The number of carbonyl (C=O) groups excluding carboxylic acids is 1. The number of hydrogen-bond donors (Lipinski definition) is 2. The summed E-state index contributed by atoms with van der Waals surface area (Å²) in [7, 11) is 0.495. The molecule has 0 radical (unpaired) electrons. The number of carbonyl (C=O) groups is 1. The first-order valence-corrected chi connectivity index (χ1v) is 19.9. The molecule has 1 aliphatic heterocycles. The Labute approximate surface area is 286 Å². The molecule has 4 rings (SSSR count). The van der Waals surface area contributed by atoms with Crippen molar-refractivity contribution in [2.75, 3.05) is 19.1 Å². The predicted molar refractivity (Wildman–Crippen MR) is 194 cm³/mol. The van der Waals surface area contributed by atoms with Gasteiger partial charge in [0.05, 0.1) is 19.3 Å². The van der Waals surface area contributed by atoms with Gasteiger partial charge in [0.2, 0.25) is 5.91 Å². The number of H-pyrrole nitrogens is 1. The summed E-state index contributed by atoms with van der Waals surface area (Å²) in [5, 5.41) is 4.65. The van der Waals surface area contributed by atoms with Crippen LogP contribution in [-0.2, 0) is 18.7 Å². The van der Waals surface area contributed by atoms with Crippen LogP contribution in [-0.4, -0.2) is 59.8 Å². The maximum absolute atomic E-state index is 13.1. The summed E-state index contributed by atoms with van der Waals surface area (Å²) < 4.78 is 21.6. The second kappa shape index (κ2) is 15.9. The molecule has 47 heavy (non-hydrogen) atoms. The topological polar surface area (TPSA) is 112 Å². The van der Waals surface area contributed by atoms with Gasteiger partial charge in [-0.25, -0.2) is 4.79 Å². The molecule has 12 heteroatoms. The number of benzene rings is 2. The van der Waals surface area contributed by atoms with E-state index in [2.05, 4.69) is 87.9 Å². The van der Waals surface area contributed by atoms with Gasteiger partial charge in [0.25, 0.3) is 13.9 Å². The van der Waals surface area contributed by atoms with Crippen LogP contribution in [0.25, 0.3) is 0 Å². The van der Waals surface area contributed by atoms with Crippen LogP contribution in [0.5, 0.6) is 0 Å². The number of aromatic amines is 1. The van der Waals surface area contributed by atoms with E-state index in [4.69, 9.17) is 13.9 Å². The normalized spacial score (nSPS) is 18.4. The van der Waals surface area contributed by atoms with Crippen LogP contribution >= 0.6 is 21.6 Å². The van der Waals surface area contributed by atoms with E-state index in [9.17, 15) is 14.4 Å². The number of aromatic nitrogens is 2. The zero-order valence-electron chi connectivity index (χ0n) is 28.1. The van der Waals surface area contributed by atoms with Crippen molar-refractivity contribution in [3.05, 3.63) is 93.3 Å². The van der Waals surface area contributed by atoms with Gasteiger partial charge < -0.3 is 19.2 Å². The number of amides is 1. The highest BCUT2D eigenvalue weighted by Gasteiger charge is 2.51. The minimum Gasteiger partial charge on any atom is -0.405 e.